The second-order valence-electron chi connectivity index (χ2n) is 4.17. The Bertz CT molecular complexity index is 705. The number of aromatic nitrogens is 1. The fourth-order valence-corrected chi connectivity index (χ4v) is 1.90. The Morgan fingerprint density at radius 3 is 3.00 bits per heavy atom. The van der Waals surface area contributed by atoms with Crippen molar-refractivity contribution in [3.05, 3.63) is 66.2 Å². The van der Waals surface area contributed by atoms with Gasteiger partial charge in [-0.05, 0) is 36.4 Å². The molecule has 3 aromatic rings. The van der Waals surface area contributed by atoms with Gasteiger partial charge < -0.3 is 9.73 Å². The van der Waals surface area contributed by atoms with Crippen molar-refractivity contribution in [1.82, 2.24) is 10.3 Å². The Balaban J connectivity index is 1.77. The van der Waals surface area contributed by atoms with E-state index in [0.717, 1.165) is 16.7 Å². The summed E-state index contributed by atoms with van der Waals surface area (Å²) in [6, 6.07) is 12.9. The summed E-state index contributed by atoms with van der Waals surface area (Å²) in [5.74, 6) is 0.609. The topological polar surface area (TPSA) is 55.1 Å². The molecule has 0 radical (unpaired) electrons. The van der Waals surface area contributed by atoms with E-state index in [-0.39, 0.29) is 5.91 Å². The van der Waals surface area contributed by atoms with Crippen LogP contribution in [0.3, 0.4) is 0 Å². The maximum absolute atomic E-state index is 12.0. The highest BCUT2D eigenvalue weighted by molar-refractivity contribution is 5.97. The molecule has 0 saturated heterocycles. The average molecular weight is 252 g/mol. The molecule has 0 fully saturated rings. The second kappa shape index (κ2) is 4.94. The van der Waals surface area contributed by atoms with Crippen LogP contribution in [0.1, 0.15) is 16.1 Å². The third kappa shape index (κ3) is 2.47. The number of hydrogen-bond acceptors (Lipinski definition) is 3. The zero-order valence-electron chi connectivity index (χ0n) is 10.2. The van der Waals surface area contributed by atoms with Gasteiger partial charge in [0, 0.05) is 17.1 Å². The van der Waals surface area contributed by atoms with Crippen molar-refractivity contribution in [2.45, 2.75) is 6.54 Å². The van der Waals surface area contributed by atoms with Crippen LogP contribution in [0.2, 0.25) is 0 Å². The first-order valence-corrected chi connectivity index (χ1v) is 5.98. The highest BCUT2D eigenvalue weighted by Crippen LogP contribution is 2.13. The van der Waals surface area contributed by atoms with Crippen LogP contribution < -0.4 is 5.32 Å². The maximum Gasteiger partial charge on any atom is 0.251 e. The number of nitrogens with one attached hydrogen (secondary N) is 1. The first-order valence-electron chi connectivity index (χ1n) is 5.98. The minimum atomic E-state index is -0.123. The monoisotopic (exact) mass is 252 g/mol. The third-order valence-electron chi connectivity index (χ3n) is 2.87. The normalized spacial score (nSPS) is 10.5. The zero-order valence-corrected chi connectivity index (χ0v) is 10.2. The Kier molecular flexibility index (Phi) is 2.98. The molecule has 4 nitrogen and oxygen atoms in total. The molecule has 0 aliphatic rings. The quantitative estimate of drug-likeness (QED) is 0.779. The molecule has 4 heteroatoms. The van der Waals surface area contributed by atoms with E-state index in [1.807, 2.05) is 30.3 Å². The number of benzene rings is 1. The number of carbonyl (C=O) groups is 1. The lowest BCUT2D eigenvalue weighted by molar-refractivity contribution is 0.0948. The molecule has 94 valence electrons. The van der Waals surface area contributed by atoms with E-state index in [1.165, 1.54) is 0 Å². The largest absolute Gasteiger partial charge is 0.467 e. The fraction of sp³-hybridized carbons (Fsp3) is 0.0667. The highest BCUT2D eigenvalue weighted by Gasteiger charge is 2.07. The fourth-order valence-electron chi connectivity index (χ4n) is 1.90. The van der Waals surface area contributed by atoms with Crippen molar-refractivity contribution in [3.63, 3.8) is 0 Å². The highest BCUT2D eigenvalue weighted by atomic mass is 16.3. The van der Waals surface area contributed by atoms with E-state index >= 15 is 0 Å². The van der Waals surface area contributed by atoms with Crippen molar-refractivity contribution in [1.29, 1.82) is 0 Å². The van der Waals surface area contributed by atoms with Gasteiger partial charge in [0.2, 0.25) is 0 Å². The summed E-state index contributed by atoms with van der Waals surface area (Å²) < 4.78 is 5.17. The third-order valence-corrected chi connectivity index (χ3v) is 2.87. The first kappa shape index (κ1) is 11.5. The predicted octanol–water partition coefficient (Wildman–Crippen LogP) is 2.76. The van der Waals surface area contributed by atoms with E-state index in [9.17, 15) is 4.79 Å². The minimum absolute atomic E-state index is 0.123. The van der Waals surface area contributed by atoms with Crippen LogP contribution in [-0.4, -0.2) is 10.9 Å². The predicted molar refractivity (Wildman–Crippen MR) is 71.6 cm³/mol. The zero-order chi connectivity index (χ0) is 13.1. The summed E-state index contributed by atoms with van der Waals surface area (Å²) in [6.07, 6.45) is 3.32. The molecule has 2 heterocycles. The van der Waals surface area contributed by atoms with Crippen molar-refractivity contribution >= 4 is 16.8 Å². The molecule has 19 heavy (non-hydrogen) atoms. The molecule has 1 amide bonds. The molecule has 0 atom stereocenters. The molecule has 1 N–H and O–H groups in total. The number of nitrogens with zero attached hydrogens (tertiary/aromatic N) is 1. The van der Waals surface area contributed by atoms with Crippen molar-refractivity contribution in [2.24, 2.45) is 0 Å². The first-order chi connectivity index (χ1) is 9.33. The summed E-state index contributed by atoms with van der Waals surface area (Å²) in [6.45, 7) is 0.386. The van der Waals surface area contributed by atoms with Gasteiger partial charge >= 0.3 is 0 Å². The molecular formula is C15H12N2O2. The number of carbonyl (C=O) groups excluding carboxylic acids is 1. The lowest BCUT2D eigenvalue weighted by atomic mass is 10.1. The van der Waals surface area contributed by atoms with Gasteiger partial charge in [0.25, 0.3) is 5.91 Å². The van der Waals surface area contributed by atoms with Crippen molar-refractivity contribution in [2.75, 3.05) is 0 Å². The van der Waals surface area contributed by atoms with Gasteiger partial charge in [-0.2, -0.15) is 0 Å². The van der Waals surface area contributed by atoms with Crippen LogP contribution in [0.5, 0.6) is 0 Å². The van der Waals surface area contributed by atoms with Crippen LogP contribution in [0.4, 0.5) is 0 Å². The molecule has 0 bridgehead atoms. The number of pyridine rings is 1. The minimum Gasteiger partial charge on any atom is -0.467 e. The van der Waals surface area contributed by atoms with Gasteiger partial charge in [0.05, 0.1) is 18.3 Å². The summed E-state index contributed by atoms with van der Waals surface area (Å²) in [4.78, 5) is 16.2. The lowest BCUT2D eigenvalue weighted by Crippen LogP contribution is -2.22. The molecular weight excluding hydrogens is 240 g/mol. The number of rotatable bonds is 3. The smallest absolute Gasteiger partial charge is 0.251 e. The number of hydrogen-bond donors (Lipinski definition) is 1. The molecule has 0 aliphatic carbocycles. The summed E-state index contributed by atoms with van der Waals surface area (Å²) in [5, 5.41) is 3.76. The van der Waals surface area contributed by atoms with E-state index in [0.29, 0.717) is 12.1 Å². The molecule has 2 aromatic heterocycles. The average Bonchev–Trinajstić information content (AvgIpc) is 2.97. The van der Waals surface area contributed by atoms with Crippen LogP contribution in [-0.2, 0) is 6.54 Å². The van der Waals surface area contributed by atoms with Gasteiger partial charge in [-0.3, -0.25) is 9.78 Å². The van der Waals surface area contributed by atoms with Gasteiger partial charge in [0.1, 0.15) is 5.76 Å². The van der Waals surface area contributed by atoms with E-state index in [4.69, 9.17) is 4.42 Å². The summed E-state index contributed by atoms with van der Waals surface area (Å²) in [5.41, 5.74) is 1.50. The molecule has 0 saturated carbocycles. The Morgan fingerprint density at radius 1 is 1.21 bits per heavy atom. The van der Waals surface area contributed by atoms with Gasteiger partial charge in [-0.15, -0.1) is 0 Å². The van der Waals surface area contributed by atoms with Crippen molar-refractivity contribution in [3.8, 4) is 0 Å². The SMILES string of the molecule is O=C(NCc1ccco1)c1ccc2ncccc2c1. The molecule has 0 aliphatic heterocycles. The van der Waals surface area contributed by atoms with Crippen molar-refractivity contribution < 1.29 is 9.21 Å². The Hall–Kier alpha value is -2.62. The molecule has 0 unspecified atom stereocenters. The van der Waals surface area contributed by atoms with Gasteiger partial charge in [-0.25, -0.2) is 0 Å². The molecule has 1 aromatic carbocycles. The van der Waals surface area contributed by atoms with Crippen LogP contribution in [0.25, 0.3) is 10.9 Å². The van der Waals surface area contributed by atoms with Gasteiger partial charge in [0.15, 0.2) is 0 Å². The lowest BCUT2D eigenvalue weighted by Gasteiger charge is -2.04. The molecule has 3 rings (SSSR count). The summed E-state index contributed by atoms with van der Waals surface area (Å²) >= 11 is 0. The van der Waals surface area contributed by atoms with E-state index < -0.39 is 0 Å². The second-order valence-corrected chi connectivity index (χ2v) is 4.17. The van der Waals surface area contributed by atoms with Crippen LogP contribution in [0.15, 0.2) is 59.3 Å². The van der Waals surface area contributed by atoms with Crippen LogP contribution >= 0.6 is 0 Å². The maximum atomic E-state index is 12.0. The number of amides is 1. The molecule has 0 spiro atoms. The van der Waals surface area contributed by atoms with E-state index in [2.05, 4.69) is 10.3 Å². The van der Waals surface area contributed by atoms with Gasteiger partial charge in [-0.1, -0.05) is 6.07 Å². The number of fused-ring (bicyclic) bond motifs is 1. The number of furan rings is 1. The Morgan fingerprint density at radius 2 is 2.16 bits per heavy atom. The standard InChI is InChI=1S/C15H12N2O2/c18-15(17-10-13-4-2-8-19-13)12-5-6-14-11(9-12)3-1-7-16-14/h1-9H,10H2,(H,17,18). The Labute approximate surface area is 110 Å². The van der Waals surface area contributed by atoms with E-state index in [1.54, 1.807) is 24.6 Å². The van der Waals surface area contributed by atoms with Crippen LogP contribution in [0, 0.1) is 0 Å². The summed E-state index contributed by atoms with van der Waals surface area (Å²) in [7, 11) is 0.